The lowest BCUT2D eigenvalue weighted by Gasteiger charge is -2.29. The van der Waals surface area contributed by atoms with Gasteiger partial charge in [0.05, 0.1) is 12.5 Å². The van der Waals surface area contributed by atoms with E-state index < -0.39 is 17.9 Å². The molecule has 0 spiro atoms. The smallest absolute Gasteiger partial charge is 0.293 e. The third-order valence-electron chi connectivity index (χ3n) is 4.51. The minimum Gasteiger partial charge on any atom is -0.293 e. The highest BCUT2D eigenvalue weighted by atomic mass is 16.5. The Morgan fingerprint density at radius 1 is 1.11 bits per heavy atom. The predicted molar refractivity (Wildman–Crippen MR) is 107 cm³/mol. The van der Waals surface area contributed by atoms with Crippen LogP contribution in [0.15, 0.2) is 30.3 Å². The SMILES string of the molecule is CCCCCC(CN(O)C=O)C(=O)N(N)C(=O)N(CCCC)c1ccccc1. The molecule has 0 heterocycles. The van der Waals surface area contributed by atoms with E-state index in [1.54, 1.807) is 12.1 Å². The summed E-state index contributed by atoms with van der Waals surface area (Å²) in [6.45, 7) is 4.28. The number of imide groups is 1. The fraction of sp³-hybridized carbons (Fsp3) is 0.550. The quantitative estimate of drug-likeness (QED) is 0.142. The van der Waals surface area contributed by atoms with E-state index in [1.165, 1.54) is 4.90 Å². The maximum atomic E-state index is 12.9. The van der Waals surface area contributed by atoms with Crippen molar-refractivity contribution >= 4 is 24.0 Å². The van der Waals surface area contributed by atoms with E-state index in [0.29, 0.717) is 28.7 Å². The molecule has 0 saturated carbocycles. The monoisotopic (exact) mass is 392 g/mol. The number of hydrazine groups is 1. The molecule has 1 unspecified atom stereocenters. The van der Waals surface area contributed by atoms with Gasteiger partial charge in [-0.25, -0.2) is 15.7 Å². The Morgan fingerprint density at radius 3 is 2.32 bits per heavy atom. The van der Waals surface area contributed by atoms with Crippen LogP contribution in [0.5, 0.6) is 0 Å². The molecule has 0 aliphatic heterocycles. The van der Waals surface area contributed by atoms with Crippen LogP contribution in [0.25, 0.3) is 0 Å². The number of amides is 4. The summed E-state index contributed by atoms with van der Waals surface area (Å²) < 4.78 is 0. The van der Waals surface area contributed by atoms with Crippen molar-refractivity contribution in [2.45, 2.75) is 52.4 Å². The van der Waals surface area contributed by atoms with Gasteiger partial charge in [-0.15, -0.1) is 0 Å². The zero-order valence-electron chi connectivity index (χ0n) is 16.8. The molecule has 3 N–H and O–H groups in total. The minimum absolute atomic E-state index is 0.201. The Kier molecular flexibility index (Phi) is 10.8. The van der Waals surface area contributed by atoms with Crippen molar-refractivity contribution in [3.05, 3.63) is 30.3 Å². The van der Waals surface area contributed by atoms with Crippen molar-refractivity contribution < 1.29 is 19.6 Å². The number of rotatable bonds is 12. The molecule has 28 heavy (non-hydrogen) atoms. The van der Waals surface area contributed by atoms with Crippen molar-refractivity contribution in [2.75, 3.05) is 18.0 Å². The Morgan fingerprint density at radius 2 is 1.75 bits per heavy atom. The van der Waals surface area contributed by atoms with Crippen LogP contribution in [-0.2, 0) is 9.59 Å². The molecule has 8 heteroatoms. The third kappa shape index (κ3) is 7.28. The van der Waals surface area contributed by atoms with Crippen molar-refractivity contribution in [1.82, 2.24) is 10.1 Å². The molecule has 8 nitrogen and oxygen atoms in total. The molecule has 1 rings (SSSR count). The average molecular weight is 393 g/mol. The number of urea groups is 1. The molecule has 0 saturated heterocycles. The van der Waals surface area contributed by atoms with Gasteiger partial charge in [0, 0.05) is 12.2 Å². The second-order valence-electron chi connectivity index (χ2n) is 6.75. The first-order chi connectivity index (χ1) is 13.5. The zero-order valence-corrected chi connectivity index (χ0v) is 16.8. The topological polar surface area (TPSA) is 107 Å². The van der Waals surface area contributed by atoms with E-state index >= 15 is 0 Å². The number of carbonyl (C=O) groups excluding carboxylic acids is 3. The van der Waals surface area contributed by atoms with Gasteiger partial charge in [-0.3, -0.25) is 19.7 Å². The lowest BCUT2D eigenvalue weighted by Crippen LogP contribution is -2.53. The molecule has 0 aliphatic rings. The van der Waals surface area contributed by atoms with Gasteiger partial charge in [0.2, 0.25) is 12.3 Å². The number of unbranched alkanes of at least 4 members (excludes halogenated alkanes) is 3. The van der Waals surface area contributed by atoms with E-state index in [0.717, 1.165) is 32.1 Å². The second kappa shape index (κ2) is 12.9. The normalized spacial score (nSPS) is 11.6. The van der Waals surface area contributed by atoms with Gasteiger partial charge in [-0.1, -0.05) is 57.7 Å². The number of nitrogens with two attached hydrogens (primary N) is 1. The average Bonchev–Trinajstić information content (AvgIpc) is 2.72. The number of para-hydroxylation sites is 1. The van der Waals surface area contributed by atoms with Gasteiger partial charge >= 0.3 is 6.03 Å². The number of nitrogens with zero attached hydrogens (tertiary/aromatic N) is 3. The molecule has 1 atom stereocenters. The Labute approximate surface area is 166 Å². The van der Waals surface area contributed by atoms with Gasteiger partial charge in [0.1, 0.15) is 0 Å². The summed E-state index contributed by atoms with van der Waals surface area (Å²) in [5.74, 6) is 4.54. The molecule has 0 aromatic heterocycles. The number of hydrogen-bond donors (Lipinski definition) is 2. The van der Waals surface area contributed by atoms with Crippen LogP contribution in [0.3, 0.4) is 0 Å². The van der Waals surface area contributed by atoms with Crippen LogP contribution in [0, 0.1) is 5.92 Å². The number of hydroxylamine groups is 2. The van der Waals surface area contributed by atoms with Crippen molar-refractivity contribution in [3.8, 4) is 0 Å². The Bertz CT molecular complexity index is 611. The summed E-state index contributed by atoms with van der Waals surface area (Å²) in [5, 5.41) is 10.5. The van der Waals surface area contributed by atoms with Gasteiger partial charge < -0.3 is 0 Å². The molecule has 1 aromatic carbocycles. The summed E-state index contributed by atoms with van der Waals surface area (Å²) in [6, 6.07) is 8.41. The van der Waals surface area contributed by atoms with Crippen molar-refractivity contribution in [2.24, 2.45) is 11.8 Å². The zero-order chi connectivity index (χ0) is 20.9. The highest BCUT2D eigenvalue weighted by molar-refractivity contribution is 6.02. The number of benzene rings is 1. The van der Waals surface area contributed by atoms with Gasteiger partial charge in [0.25, 0.3) is 0 Å². The summed E-state index contributed by atoms with van der Waals surface area (Å²) in [6.07, 6.45) is 4.91. The van der Waals surface area contributed by atoms with Crippen LogP contribution in [-0.4, -0.2) is 46.7 Å². The third-order valence-corrected chi connectivity index (χ3v) is 4.51. The number of hydrogen-bond acceptors (Lipinski definition) is 5. The van der Waals surface area contributed by atoms with Crippen LogP contribution in [0.4, 0.5) is 10.5 Å². The molecule has 4 amide bonds. The number of anilines is 1. The first-order valence-corrected chi connectivity index (χ1v) is 9.82. The largest absolute Gasteiger partial charge is 0.345 e. The highest BCUT2D eigenvalue weighted by Crippen LogP contribution is 2.18. The van der Waals surface area contributed by atoms with Crippen LogP contribution in [0.1, 0.15) is 52.4 Å². The van der Waals surface area contributed by atoms with Crippen LogP contribution < -0.4 is 10.7 Å². The molecule has 0 bridgehead atoms. The maximum absolute atomic E-state index is 12.9. The van der Waals surface area contributed by atoms with Crippen LogP contribution in [0.2, 0.25) is 0 Å². The standard InChI is InChI=1S/C20H32N4O4/c1-3-5-8-11-17(15-22(28)16-25)19(26)24(21)20(27)23(14-6-4-2)18-12-9-7-10-13-18/h7,9-10,12-13,16-17,28H,3-6,8,11,14-15,21H2,1-2H3. The minimum atomic E-state index is -0.750. The van der Waals surface area contributed by atoms with E-state index in [1.807, 2.05) is 32.0 Å². The number of carbonyl (C=O) groups is 3. The molecular formula is C20H32N4O4. The molecule has 0 aliphatic carbocycles. The molecule has 0 radical (unpaired) electrons. The van der Waals surface area contributed by atoms with E-state index in [-0.39, 0.29) is 13.0 Å². The van der Waals surface area contributed by atoms with Gasteiger partial charge in [0.15, 0.2) is 0 Å². The summed E-state index contributed by atoms with van der Waals surface area (Å²) in [7, 11) is 0. The Balaban J connectivity index is 2.96. The first-order valence-electron chi connectivity index (χ1n) is 9.82. The van der Waals surface area contributed by atoms with Crippen molar-refractivity contribution in [1.29, 1.82) is 0 Å². The van der Waals surface area contributed by atoms with E-state index in [4.69, 9.17) is 5.84 Å². The molecule has 156 valence electrons. The first kappa shape index (κ1) is 23.6. The fourth-order valence-electron chi connectivity index (χ4n) is 2.88. The van der Waals surface area contributed by atoms with E-state index in [9.17, 15) is 19.6 Å². The molecule has 0 fully saturated rings. The summed E-state index contributed by atoms with van der Waals surface area (Å²) in [5.41, 5.74) is 0.656. The lowest BCUT2D eigenvalue weighted by atomic mass is 10.00. The summed E-state index contributed by atoms with van der Waals surface area (Å²) >= 11 is 0. The molecule has 1 aromatic rings. The van der Waals surface area contributed by atoms with Gasteiger partial charge in [-0.2, -0.15) is 5.01 Å². The second-order valence-corrected chi connectivity index (χ2v) is 6.75. The summed E-state index contributed by atoms with van der Waals surface area (Å²) in [4.78, 5) is 38.0. The maximum Gasteiger partial charge on any atom is 0.345 e. The van der Waals surface area contributed by atoms with Crippen molar-refractivity contribution in [3.63, 3.8) is 0 Å². The van der Waals surface area contributed by atoms with Crippen LogP contribution >= 0.6 is 0 Å². The van der Waals surface area contributed by atoms with Gasteiger partial charge in [-0.05, 0) is 25.0 Å². The molecular weight excluding hydrogens is 360 g/mol. The lowest BCUT2D eigenvalue weighted by molar-refractivity contribution is -0.156. The predicted octanol–water partition coefficient (Wildman–Crippen LogP) is 3.16. The Hall–Kier alpha value is -2.45. The van der Waals surface area contributed by atoms with E-state index in [2.05, 4.69) is 0 Å². The highest BCUT2D eigenvalue weighted by Gasteiger charge is 2.31. The fourth-order valence-corrected chi connectivity index (χ4v) is 2.88.